The molecule has 0 aliphatic heterocycles. The molecule has 1 atom stereocenters. The topological polar surface area (TPSA) is 96.1 Å². The highest BCUT2D eigenvalue weighted by molar-refractivity contribution is 5.54. The number of anilines is 1. The molecule has 0 bridgehead atoms. The van der Waals surface area contributed by atoms with Gasteiger partial charge in [-0.1, -0.05) is 0 Å². The lowest BCUT2D eigenvalue weighted by Crippen LogP contribution is -2.37. The molecule has 0 unspecified atom stereocenters. The zero-order valence-electron chi connectivity index (χ0n) is 7.99. The molecule has 4 nitrogen and oxygen atoms in total. The molecule has 0 saturated carbocycles. The van der Waals surface area contributed by atoms with Gasteiger partial charge in [-0.15, -0.1) is 0 Å². The highest BCUT2D eigenvalue weighted by Gasteiger charge is 2.22. The zero-order chi connectivity index (χ0) is 10.8. The molecule has 1 rings (SSSR count). The molecule has 5 N–H and O–H groups in total. The van der Waals surface area contributed by atoms with Crippen LogP contribution in [0.2, 0.25) is 0 Å². The second-order valence-corrected chi connectivity index (χ2v) is 3.49. The highest BCUT2D eigenvalue weighted by Crippen LogP contribution is 2.24. The number of nitrogens with zero attached hydrogens (tertiary/aromatic N) is 1. The molecular weight excluding hydrogens is 178 g/mol. The van der Waals surface area contributed by atoms with Gasteiger partial charge in [-0.05, 0) is 30.7 Å². The third kappa shape index (κ3) is 1.84. The molecule has 0 heterocycles. The Labute approximate surface area is 82.8 Å². The number of nitriles is 1. The van der Waals surface area contributed by atoms with Crippen molar-refractivity contribution < 1.29 is 5.11 Å². The molecule has 14 heavy (non-hydrogen) atoms. The standard InChI is InChI=1S/C10H13N3O/c1-10(13,6-14)8-4-7(5-11)2-3-9(8)12/h2-4,14H,6,12-13H2,1H3/t10-/m0/s1. The lowest BCUT2D eigenvalue weighted by molar-refractivity contribution is 0.210. The fourth-order valence-corrected chi connectivity index (χ4v) is 1.21. The van der Waals surface area contributed by atoms with Crippen LogP contribution in [0.4, 0.5) is 5.69 Å². The van der Waals surface area contributed by atoms with Crippen molar-refractivity contribution >= 4 is 5.69 Å². The normalized spacial score (nSPS) is 14.4. The lowest BCUT2D eigenvalue weighted by Gasteiger charge is -2.24. The number of nitrogens with two attached hydrogens (primary N) is 2. The van der Waals surface area contributed by atoms with E-state index >= 15 is 0 Å². The molecule has 0 aliphatic rings. The fourth-order valence-electron chi connectivity index (χ4n) is 1.21. The van der Waals surface area contributed by atoms with Crippen molar-refractivity contribution in [2.45, 2.75) is 12.5 Å². The Morgan fingerprint density at radius 2 is 2.21 bits per heavy atom. The largest absolute Gasteiger partial charge is 0.398 e. The summed E-state index contributed by atoms with van der Waals surface area (Å²) in [5.41, 5.74) is 12.2. The predicted molar refractivity (Wildman–Crippen MR) is 54.2 cm³/mol. The Morgan fingerprint density at radius 3 is 2.71 bits per heavy atom. The first kappa shape index (κ1) is 10.5. The maximum atomic E-state index is 9.07. The molecule has 1 aromatic carbocycles. The van der Waals surface area contributed by atoms with E-state index in [9.17, 15) is 0 Å². The van der Waals surface area contributed by atoms with Crippen molar-refractivity contribution in [1.82, 2.24) is 0 Å². The van der Waals surface area contributed by atoms with E-state index in [1.54, 1.807) is 25.1 Å². The Hall–Kier alpha value is -1.57. The van der Waals surface area contributed by atoms with Gasteiger partial charge in [-0.2, -0.15) is 5.26 Å². The summed E-state index contributed by atoms with van der Waals surface area (Å²) in [4.78, 5) is 0. The van der Waals surface area contributed by atoms with E-state index < -0.39 is 5.54 Å². The monoisotopic (exact) mass is 191 g/mol. The third-order valence-corrected chi connectivity index (χ3v) is 2.13. The van der Waals surface area contributed by atoms with Gasteiger partial charge in [0.25, 0.3) is 0 Å². The molecule has 1 aromatic rings. The van der Waals surface area contributed by atoms with Gasteiger partial charge in [-0.25, -0.2) is 0 Å². The minimum atomic E-state index is -0.906. The number of hydrogen-bond donors (Lipinski definition) is 3. The maximum absolute atomic E-state index is 9.07. The van der Waals surface area contributed by atoms with E-state index in [0.29, 0.717) is 16.8 Å². The van der Waals surface area contributed by atoms with Crippen LogP contribution in [0.25, 0.3) is 0 Å². The molecule has 0 aromatic heterocycles. The molecular formula is C10H13N3O. The van der Waals surface area contributed by atoms with Crippen LogP contribution in [-0.2, 0) is 5.54 Å². The van der Waals surface area contributed by atoms with Gasteiger partial charge < -0.3 is 16.6 Å². The molecule has 0 spiro atoms. The summed E-state index contributed by atoms with van der Waals surface area (Å²) in [7, 11) is 0. The van der Waals surface area contributed by atoms with Crippen molar-refractivity contribution in [3.8, 4) is 6.07 Å². The first-order chi connectivity index (χ1) is 6.51. The van der Waals surface area contributed by atoms with Gasteiger partial charge in [0.15, 0.2) is 0 Å². The zero-order valence-corrected chi connectivity index (χ0v) is 7.99. The number of hydrogen-bond acceptors (Lipinski definition) is 4. The minimum absolute atomic E-state index is 0.216. The third-order valence-electron chi connectivity index (χ3n) is 2.13. The molecule has 0 fully saturated rings. The Morgan fingerprint density at radius 1 is 1.57 bits per heavy atom. The van der Waals surface area contributed by atoms with E-state index in [0.717, 1.165) is 0 Å². The summed E-state index contributed by atoms with van der Waals surface area (Å²) in [6.45, 7) is 1.45. The second kappa shape index (κ2) is 3.66. The van der Waals surface area contributed by atoms with Crippen molar-refractivity contribution in [2.24, 2.45) is 5.73 Å². The molecule has 74 valence electrons. The van der Waals surface area contributed by atoms with Gasteiger partial charge in [0.05, 0.1) is 23.8 Å². The van der Waals surface area contributed by atoms with Crippen molar-refractivity contribution in [2.75, 3.05) is 12.3 Å². The van der Waals surface area contributed by atoms with Crippen molar-refractivity contribution in [3.05, 3.63) is 29.3 Å². The van der Waals surface area contributed by atoms with Crippen LogP contribution < -0.4 is 11.5 Å². The fraction of sp³-hybridized carbons (Fsp3) is 0.300. The molecule has 0 radical (unpaired) electrons. The number of nitrogen functional groups attached to an aromatic ring is 1. The summed E-state index contributed by atoms with van der Waals surface area (Å²) in [6.07, 6.45) is 0. The van der Waals surface area contributed by atoms with Gasteiger partial charge >= 0.3 is 0 Å². The average Bonchev–Trinajstić information content (AvgIpc) is 2.18. The van der Waals surface area contributed by atoms with Crippen LogP contribution in [0, 0.1) is 11.3 Å². The van der Waals surface area contributed by atoms with Gasteiger partial charge in [0.2, 0.25) is 0 Å². The van der Waals surface area contributed by atoms with E-state index in [1.165, 1.54) is 0 Å². The van der Waals surface area contributed by atoms with Crippen molar-refractivity contribution in [1.29, 1.82) is 5.26 Å². The molecule has 4 heteroatoms. The van der Waals surface area contributed by atoms with E-state index in [-0.39, 0.29) is 6.61 Å². The first-order valence-electron chi connectivity index (χ1n) is 4.21. The SMILES string of the molecule is C[C@](N)(CO)c1cc(C#N)ccc1N. The van der Waals surface area contributed by atoms with Crippen LogP contribution in [0.1, 0.15) is 18.1 Å². The summed E-state index contributed by atoms with van der Waals surface area (Å²) in [5.74, 6) is 0. The first-order valence-corrected chi connectivity index (χ1v) is 4.21. The lowest BCUT2D eigenvalue weighted by atomic mass is 9.91. The van der Waals surface area contributed by atoms with Crippen LogP contribution in [-0.4, -0.2) is 11.7 Å². The van der Waals surface area contributed by atoms with Crippen LogP contribution in [0.5, 0.6) is 0 Å². The van der Waals surface area contributed by atoms with Gasteiger partial charge in [0.1, 0.15) is 0 Å². The van der Waals surface area contributed by atoms with Gasteiger partial charge in [0, 0.05) is 5.69 Å². The summed E-state index contributed by atoms with van der Waals surface area (Å²) < 4.78 is 0. The van der Waals surface area contributed by atoms with E-state index in [2.05, 4.69) is 0 Å². The Kier molecular flexibility index (Phi) is 2.75. The van der Waals surface area contributed by atoms with E-state index in [1.807, 2.05) is 6.07 Å². The van der Waals surface area contributed by atoms with Crippen LogP contribution in [0.15, 0.2) is 18.2 Å². The Balaban J connectivity index is 3.27. The molecule has 0 saturated heterocycles. The van der Waals surface area contributed by atoms with Crippen LogP contribution >= 0.6 is 0 Å². The highest BCUT2D eigenvalue weighted by atomic mass is 16.3. The Bertz CT molecular complexity index is 379. The minimum Gasteiger partial charge on any atom is -0.398 e. The quantitative estimate of drug-likeness (QED) is 0.586. The maximum Gasteiger partial charge on any atom is 0.0991 e. The summed E-state index contributed by atoms with van der Waals surface area (Å²) >= 11 is 0. The van der Waals surface area contributed by atoms with Crippen molar-refractivity contribution in [3.63, 3.8) is 0 Å². The smallest absolute Gasteiger partial charge is 0.0991 e. The number of aliphatic hydroxyl groups excluding tert-OH is 1. The molecule has 0 amide bonds. The summed E-state index contributed by atoms with van der Waals surface area (Å²) in [6, 6.07) is 6.84. The second-order valence-electron chi connectivity index (χ2n) is 3.49. The number of aliphatic hydroxyl groups is 1. The summed E-state index contributed by atoms with van der Waals surface area (Å²) in [5, 5.41) is 17.8. The molecule has 0 aliphatic carbocycles. The van der Waals surface area contributed by atoms with Gasteiger partial charge in [-0.3, -0.25) is 0 Å². The van der Waals surface area contributed by atoms with E-state index in [4.69, 9.17) is 21.8 Å². The predicted octanol–water partition coefficient (Wildman–Crippen LogP) is 0.307. The number of rotatable bonds is 2. The average molecular weight is 191 g/mol. The number of benzene rings is 1. The van der Waals surface area contributed by atoms with Crippen LogP contribution in [0.3, 0.4) is 0 Å².